The molecule has 6 heteroatoms. The van der Waals surface area contributed by atoms with Crippen LogP contribution in [0.1, 0.15) is 23.7 Å². The maximum atomic E-state index is 12.5. The number of nitrogens with zero attached hydrogens (tertiary/aromatic N) is 2. The Labute approximate surface area is 131 Å². The van der Waals surface area contributed by atoms with E-state index in [1.165, 1.54) is 0 Å². The second-order valence-corrected chi connectivity index (χ2v) is 6.16. The first-order chi connectivity index (χ1) is 9.47. The minimum atomic E-state index is -0.0430. The van der Waals surface area contributed by atoms with E-state index in [0.29, 0.717) is 36.8 Å². The summed E-state index contributed by atoms with van der Waals surface area (Å²) in [5.74, 6) is 0.0170. The van der Waals surface area contributed by atoms with E-state index in [1.54, 1.807) is 34.9 Å². The molecular formula is C14H16BrClN2O2. The second kappa shape index (κ2) is 6.59. The molecule has 0 radical (unpaired) electrons. The molecule has 1 aromatic rings. The number of hydrogen-bond donors (Lipinski definition) is 0. The van der Waals surface area contributed by atoms with Crippen LogP contribution in [0.2, 0.25) is 5.02 Å². The van der Waals surface area contributed by atoms with Gasteiger partial charge in [-0.3, -0.25) is 9.59 Å². The summed E-state index contributed by atoms with van der Waals surface area (Å²) in [5, 5.41) is 0.530. The topological polar surface area (TPSA) is 40.6 Å². The van der Waals surface area contributed by atoms with Gasteiger partial charge >= 0.3 is 0 Å². The van der Waals surface area contributed by atoms with E-state index in [0.717, 1.165) is 10.9 Å². The van der Waals surface area contributed by atoms with Gasteiger partial charge in [0.1, 0.15) is 0 Å². The van der Waals surface area contributed by atoms with E-state index in [9.17, 15) is 9.59 Å². The smallest absolute Gasteiger partial charge is 0.254 e. The van der Waals surface area contributed by atoms with Gasteiger partial charge < -0.3 is 9.80 Å². The number of carbonyl (C=O) groups is 2. The van der Waals surface area contributed by atoms with Crippen LogP contribution < -0.4 is 0 Å². The maximum Gasteiger partial charge on any atom is 0.254 e. The molecule has 1 aliphatic rings. The van der Waals surface area contributed by atoms with E-state index in [4.69, 9.17) is 11.6 Å². The van der Waals surface area contributed by atoms with Crippen molar-refractivity contribution in [2.75, 3.05) is 26.2 Å². The van der Waals surface area contributed by atoms with Crippen LogP contribution in [0, 0.1) is 0 Å². The molecule has 1 heterocycles. The Morgan fingerprint density at radius 3 is 2.40 bits per heavy atom. The molecule has 108 valence electrons. The van der Waals surface area contributed by atoms with Crippen LogP contribution in [-0.2, 0) is 4.79 Å². The van der Waals surface area contributed by atoms with Crippen molar-refractivity contribution >= 4 is 39.3 Å². The Morgan fingerprint density at radius 1 is 1.10 bits per heavy atom. The van der Waals surface area contributed by atoms with E-state index < -0.39 is 0 Å². The first kappa shape index (κ1) is 15.3. The van der Waals surface area contributed by atoms with Crippen molar-refractivity contribution in [1.82, 2.24) is 9.80 Å². The summed E-state index contributed by atoms with van der Waals surface area (Å²) in [6.45, 7) is 4.07. The van der Waals surface area contributed by atoms with Gasteiger partial charge in [-0.25, -0.2) is 0 Å². The van der Waals surface area contributed by atoms with Crippen molar-refractivity contribution in [3.8, 4) is 0 Å². The molecule has 0 atom stereocenters. The van der Waals surface area contributed by atoms with Crippen LogP contribution in [0.4, 0.5) is 0 Å². The lowest BCUT2D eigenvalue weighted by molar-refractivity contribution is -0.128. The number of halogens is 2. The molecule has 1 aromatic carbocycles. The molecule has 0 saturated carbocycles. The lowest BCUT2D eigenvalue weighted by atomic mass is 10.2. The van der Waals surface area contributed by atoms with Gasteiger partial charge in [0.2, 0.25) is 5.91 Å². The third kappa shape index (κ3) is 3.73. The summed E-state index contributed by atoms with van der Waals surface area (Å²) < 4.78 is 0.786. The molecule has 0 spiro atoms. The lowest BCUT2D eigenvalue weighted by Gasteiger charge is -2.21. The largest absolute Gasteiger partial charge is 0.341 e. The molecule has 1 aliphatic heterocycles. The Bertz CT molecular complexity index is 516. The summed E-state index contributed by atoms with van der Waals surface area (Å²) in [6.07, 6.45) is 0.799. The molecule has 0 bridgehead atoms. The minimum Gasteiger partial charge on any atom is -0.341 e. The monoisotopic (exact) mass is 358 g/mol. The average molecular weight is 360 g/mol. The molecule has 0 unspecified atom stereocenters. The highest BCUT2D eigenvalue weighted by Gasteiger charge is 2.21. The quantitative estimate of drug-likeness (QED) is 0.773. The number of rotatable bonds is 1. The van der Waals surface area contributed by atoms with Gasteiger partial charge in [-0.2, -0.15) is 0 Å². The molecular weight excluding hydrogens is 344 g/mol. The third-order valence-electron chi connectivity index (χ3n) is 3.34. The van der Waals surface area contributed by atoms with Crippen LogP contribution in [0.25, 0.3) is 0 Å². The fourth-order valence-corrected chi connectivity index (χ4v) is 3.16. The SMILES string of the molecule is CC(=O)N1CCCN(C(=O)c2cc(Cl)cc(Br)c2)CC1. The van der Waals surface area contributed by atoms with E-state index >= 15 is 0 Å². The van der Waals surface area contributed by atoms with Gasteiger partial charge in [-0.15, -0.1) is 0 Å². The van der Waals surface area contributed by atoms with Gasteiger partial charge in [0, 0.05) is 48.2 Å². The standard InChI is InChI=1S/C14H16BrClN2O2/c1-10(19)17-3-2-4-18(6-5-17)14(20)11-7-12(15)9-13(16)8-11/h7-9H,2-6H2,1H3. The summed E-state index contributed by atoms with van der Waals surface area (Å²) in [7, 11) is 0. The zero-order valence-corrected chi connectivity index (χ0v) is 13.6. The molecule has 2 rings (SSSR count). The van der Waals surface area contributed by atoms with Gasteiger partial charge in [-0.05, 0) is 24.6 Å². The van der Waals surface area contributed by atoms with Crippen molar-refractivity contribution in [3.63, 3.8) is 0 Å². The zero-order chi connectivity index (χ0) is 14.7. The first-order valence-corrected chi connectivity index (χ1v) is 7.65. The van der Waals surface area contributed by atoms with Gasteiger partial charge in [0.15, 0.2) is 0 Å². The van der Waals surface area contributed by atoms with Crippen molar-refractivity contribution in [2.24, 2.45) is 0 Å². The van der Waals surface area contributed by atoms with Crippen LogP contribution in [-0.4, -0.2) is 47.8 Å². The lowest BCUT2D eigenvalue weighted by Crippen LogP contribution is -2.36. The number of hydrogen-bond acceptors (Lipinski definition) is 2. The Balaban J connectivity index is 2.11. The molecule has 0 aromatic heterocycles. The molecule has 2 amide bonds. The predicted octanol–water partition coefficient (Wildman–Crippen LogP) is 2.80. The summed E-state index contributed by atoms with van der Waals surface area (Å²) in [6, 6.07) is 5.18. The maximum absolute atomic E-state index is 12.5. The summed E-state index contributed by atoms with van der Waals surface area (Å²) >= 11 is 9.32. The molecule has 0 N–H and O–H groups in total. The Kier molecular flexibility index (Phi) is 5.05. The fourth-order valence-electron chi connectivity index (χ4n) is 2.30. The van der Waals surface area contributed by atoms with E-state index in [-0.39, 0.29) is 11.8 Å². The van der Waals surface area contributed by atoms with E-state index in [2.05, 4.69) is 15.9 Å². The van der Waals surface area contributed by atoms with Gasteiger partial charge in [0.05, 0.1) is 0 Å². The van der Waals surface area contributed by atoms with Crippen molar-refractivity contribution < 1.29 is 9.59 Å². The number of amides is 2. The van der Waals surface area contributed by atoms with Crippen LogP contribution in [0.15, 0.2) is 22.7 Å². The van der Waals surface area contributed by atoms with Crippen molar-refractivity contribution in [3.05, 3.63) is 33.3 Å². The minimum absolute atomic E-state index is 0.0430. The predicted molar refractivity (Wildman–Crippen MR) is 81.9 cm³/mol. The molecule has 1 fully saturated rings. The zero-order valence-electron chi connectivity index (χ0n) is 11.2. The normalized spacial score (nSPS) is 15.9. The Morgan fingerprint density at radius 2 is 1.75 bits per heavy atom. The van der Waals surface area contributed by atoms with Crippen LogP contribution in [0.3, 0.4) is 0 Å². The summed E-state index contributed by atoms with van der Waals surface area (Å²) in [4.78, 5) is 27.4. The van der Waals surface area contributed by atoms with Gasteiger partial charge in [-0.1, -0.05) is 27.5 Å². The number of benzene rings is 1. The van der Waals surface area contributed by atoms with Crippen molar-refractivity contribution in [2.45, 2.75) is 13.3 Å². The highest BCUT2D eigenvalue weighted by molar-refractivity contribution is 9.10. The van der Waals surface area contributed by atoms with Crippen molar-refractivity contribution in [1.29, 1.82) is 0 Å². The number of carbonyl (C=O) groups excluding carboxylic acids is 2. The third-order valence-corrected chi connectivity index (χ3v) is 4.01. The Hall–Kier alpha value is -1.07. The van der Waals surface area contributed by atoms with Gasteiger partial charge in [0.25, 0.3) is 5.91 Å². The fraction of sp³-hybridized carbons (Fsp3) is 0.429. The van der Waals surface area contributed by atoms with E-state index in [1.807, 2.05) is 0 Å². The highest BCUT2D eigenvalue weighted by Crippen LogP contribution is 2.21. The van der Waals surface area contributed by atoms with Crippen LogP contribution in [0.5, 0.6) is 0 Å². The first-order valence-electron chi connectivity index (χ1n) is 6.48. The molecule has 4 nitrogen and oxygen atoms in total. The average Bonchev–Trinajstić information content (AvgIpc) is 2.62. The second-order valence-electron chi connectivity index (χ2n) is 4.81. The highest BCUT2D eigenvalue weighted by atomic mass is 79.9. The molecule has 20 heavy (non-hydrogen) atoms. The summed E-state index contributed by atoms with van der Waals surface area (Å²) in [5.41, 5.74) is 0.570. The van der Waals surface area contributed by atoms with Crippen LogP contribution >= 0.6 is 27.5 Å². The molecule has 0 aliphatic carbocycles. The molecule has 1 saturated heterocycles.